The van der Waals surface area contributed by atoms with Crippen molar-refractivity contribution in [1.29, 1.82) is 0 Å². The van der Waals surface area contributed by atoms with E-state index in [2.05, 4.69) is 56.6 Å². The number of guanidine groups is 1. The number of hydrogen-bond donors (Lipinski definition) is 2. The fourth-order valence-electron chi connectivity index (χ4n) is 3.93. The Kier molecular flexibility index (Phi) is 9.99. The van der Waals surface area contributed by atoms with Crippen molar-refractivity contribution in [2.24, 2.45) is 4.99 Å². The Morgan fingerprint density at radius 3 is 2.82 bits per heavy atom. The summed E-state index contributed by atoms with van der Waals surface area (Å²) in [5, 5.41) is 15.3. The van der Waals surface area contributed by atoms with Crippen LogP contribution in [0.3, 0.4) is 0 Å². The summed E-state index contributed by atoms with van der Waals surface area (Å²) in [4.78, 5) is 4.87. The van der Waals surface area contributed by atoms with Crippen molar-refractivity contribution in [1.82, 2.24) is 25.4 Å². The van der Waals surface area contributed by atoms with Crippen LogP contribution >= 0.6 is 24.0 Å². The first-order chi connectivity index (χ1) is 16.3. The van der Waals surface area contributed by atoms with E-state index in [1.54, 1.807) is 13.4 Å². The predicted molar refractivity (Wildman–Crippen MR) is 144 cm³/mol. The molecule has 0 saturated carbocycles. The lowest BCUT2D eigenvalue weighted by atomic mass is 10.0. The number of rotatable bonds is 9. The van der Waals surface area contributed by atoms with E-state index in [4.69, 9.17) is 14.5 Å². The van der Waals surface area contributed by atoms with E-state index in [1.807, 2.05) is 24.3 Å². The van der Waals surface area contributed by atoms with Crippen molar-refractivity contribution in [2.45, 2.75) is 38.8 Å². The number of para-hydroxylation sites is 1. The highest BCUT2D eigenvalue weighted by Crippen LogP contribution is 2.31. The number of aliphatic imine (C=N–C) groups is 1. The van der Waals surface area contributed by atoms with Crippen LogP contribution in [-0.2, 0) is 19.4 Å². The molecule has 8 nitrogen and oxygen atoms in total. The van der Waals surface area contributed by atoms with Crippen LogP contribution in [0.1, 0.15) is 36.3 Å². The lowest BCUT2D eigenvalue weighted by Gasteiger charge is -2.28. The summed E-state index contributed by atoms with van der Waals surface area (Å²) in [5.41, 5.74) is 2.40. The first-order valence-corrected chi connectivity index (χ1v) is 11.5. The van der Waals surface area contributed by atoms with E-state index in [9.17, 15) is 0 Å². The van der Waals surface area contributed by atoms with E-state index in [0.29, 0.717) is 13.2 Å². The number of halogens is 1. The average Bonchev–Trinajstić information content (AvgIpc) is 3.32. The number of fused-ring (bicyclic) bond motifs is 1. The van der Waals surface area contributed by atoms with Gasteiger partial charge >= 0.3 is 0 Å². The van der Waals surface area contributed by atoms with Crippen LogP contribution in [0, 0.1) is 0 Å². The molecule has 0 bridgehead atoms. The minimum Gasteiger partial charge on any atom is -0.497 e. The zero-order valence-electron chi connectivity index (χ0n) is 19.7. The largest absolute Gasteiger partial charge is 0.497 e. The van der Waals surface area contributed by atoms with E-state index in [1.165, 1.54) is 11.1 Å². The Bertz CT molecular complexity index is 1050. The second-order valence-electron chi connectivity index (χ2n) is 7.92. The molecule has 1 aliphatic heterocycles. The second-order valence-corrected chi connectivity index (χ2v) is 7.92. The lowest BCUT2D eigenvalue weighted by Crippen LogP contribution is -2.42. The molecular weight excluding hydrogens is 543 g/mol. The summed E-state index contributed by atoms with van der Waals surface area (Å²) in [6.45, 7) is 4.96. The molecule has 1 unspecified atom stereocenters. The number of nitrogens with one attached hydrogen (secondary N) is 2. The third-order valence-corrected chi connectivity index (χ3v) is 5.76. The maximum atomic E-state index is 5.82. The lowest BCUT2D eigenvalue weighted by molar-refractivity contribution is 0.261. The molecule has 1 aliphatic rings. The van der Waals surface area contributed by atoms with Gasteiger partial charge in [-0.25, -0.2) is 0 Å². The van der Waals surface area contributed by atoms with Crippen LogP contribution in [0.5, 0.6) is 11.5 Å². The first-order valence-electron chi connectivity index (χ1n) is 11.5. The maximum absolute atomic E-state index is 5.82. The molecule has 1 aromatic heterocycles. The van der Waals surface area contributed by atoms with Gasteiger partial charge in [0, 0.05) is 38.0 Å². The Morgan fingerprint density at radius 2 is 2.03 bits per heavy atom. The molecule has 4 rings (SSSR count). The fourth-order valence-corrected chi connectivity index (χ4v) is 3.93. The van der Waals surface area contributed by atoms with Crippen molar-refractivity contribution in [3.8, 4) is 11.5 Å². The molecule has 0 aliphatic carbocycles. The molecule has 0 fully saturated rings. The van der Waals surface area contributed by atoms with Crippen molar-refractivity contribution in [2.75, 3.05) is 26.8 Å². The van der Waals surface area contributed by atoms with Gasteiger partial charge in [-0.2, -0.15) is 0 Å². The van der Waals surface area contributed by atoms with Crippen LogP contribution in [0.4, 0.5) is 0 Å². The van der Waals surface area contributed by atoms with E-state index < -0.39 is 0 Å². The van der Waals surface area contributed by atoms with Crippen LogP contribution in [0.2, 0.25) is 0 Å². The molecule has 2 N–H and O–H groups in total. The first kappa shape index (κ1) is 25.8. The summed E-state index contributed by atoms with van der Waals surface area (Å²) in [6.07, 6.45) is 4.39. The highest BCUT2D eigenvalue weighted by Gasteiger charge is 2.21. The number of ether oxygens (including phenoxy) is 2. The quantitative estimate of drug-likeness (QED) is 0.229. The number of methoxy groups -OCH3 is 1. The van der Waals surface area contributed by atoms with Gasteiger partial charge in [-0.3, -0.25) is 4.99 Å². The van der Waals surface area contributed by atoms with Gasteiger partial charge in [-0.05, 0) is 30.2 Å². The second kappa shape index (κ2) is 13.2. The zero-order valence-corrected chi connectivity index (χ0v) is 22.1. The van der Waals surface area contributed by atoms with E-state index in [-0.39, 0.29) is 30.0 Å². The summed E-state index contributed by atoms with van der Waals surface area (Å²) in [7, 11) is 1.68. The van der Waals surface area contributed by atoms with Gasteiger partial charge in [0.1, 0.15) is 23.7 Å². The van der Waals surface area contributed by atoms with Gasteiger partial charge in [0.2, 0.25) is 0 Å². The monoisotopic (exact) mass is 576 g/mol. The van der Waals surface area contributed by atoms with Gasteiger partial charge in [0.05, 0.1) is 19.8 Å². The topological polar surface area (TPSA) is 85.6 Å². The van der Waals surface area contributed by atoms with Gasteiger partial charge in [0.25, 0.3) is 0 Å². The Hall–Kier alpha value is -2.82. The summed E-state index contributed by atoms with van der Waals surface area (Å²) in [5.74, 6) is 3.60. The van der Waals surface area contributed by atoms with Crippen LogP contribution in [0.15, 0.2) is 59.9 Å². The van der Waals surface area contributed by atoms with Crippen LogP contribution in [-0.4, -0.2) is 47.5 Å². The molecule has 3 aromatic rings. The van der Waals surface area contributed by atoms with Gasteiger partial charge in [0.15, 0.2) is 5.96 Å². The summed E-state index contributed by atoms with van der Waals surface area (Å²) in [6, 6.07) is 16.5. The van der Waals surface area contributed by atoms with E-state index >= 15 is 0 Å². The summed E-state index contributed by atoms with van der Waals surface area (Å²) >= 11 is 0. The van der Waals surface area contributed by atoms with Crippen molar-refractivity contribution >= 4 is 29.9 Å². The van der Waals surface area contributed by atoms with E-state index in [0.717, 1.165) is 55.6 Å². The molecule has 9 heteroatoms. The molecule has 2 aromatic carbocycles. The standard InChI is InChI=1S/C25H32N6O2.HI/c1-3-24-30-28-18-31(24)16-15-27-25(26-14-12-19-8-10-20(32-2)11-9-19)29-22-13-17-33-23-7-5-4-6-21(22)23;/h4-11,18,22H,3,12-17H2,1-2H3,(H2,26,27,29);1H. The fraction of sp³-hybridized carbons (Fsp3) is 0.400. The van der Waals surface area contributed by atoms with Gasteiger partial charge in [-0.15, -0.1) is 34.2 Å². The van der Waals surface area contributed by atoms with Crippen LogP contribution < -0.4 is 20.1 Å². The number of benzene rings is 2. The zero-order chi connectivity index (χ0) is 22.9. The number of aryl methyl sites for hydroxylation is 1. The molecular formula is C25H33IN6O2. The molecule has 34 heavy (non-hydrogen) atoms. The van der Waals surface area contributed by atoms with Crippen molar-refractivity contribution < 1.29 is 9.47 Å². The molecule has 182 valence electrons. The summed E-state index contributed by atoms with van der Waals surface area (Å²) < 4.78 is 13.1. The Morgan fingerprint density at radius 1 is 1.21 bits per heavy atom. The normalized spacial score (nSPS) is 15.0. The van der Waals surface area contributed by atoms with Gasteiger partial charge < -0.3 is 24.7 Å². The Labute approximate surface area is 218 Å². The maximum Gasteiger partial charge on any atom is 0.191 e. The van der Waals surface area contributed by atoms with Crippen molar-refractivity contribution in [3.63, 3.8) is 0 Å². The number of nitrogens with zero attached hydrogens (tertiary/aromatic N) is 4. The van der Waals surface area contributed by atoms with Crippen molar-refractivity contribution in [3.05, 3.63) is 71.8 Å². The van der Waals surface area contributed by atoms with Crippen LogP contribution in [0.25, 0.3) is 0 Å². The number of aromatic nitrogens is 3. The third kappa shape index (κ3) is 6.85. The minimum atomic E-state index is 0. The molecule has 0 spiro atoms. The molecule has 1 atom stereocenters. The SMILES string of the molecule is CCc1nncn1CCNC(=NCCc1ccc(OC)cc1)NC1CCOc2ccccc21.I. The molecule has 0 amide bonds. The molecule has 0 radical (unpaired) electrons. The number of hydrogen-bond acceptors (Lipinski definition) is 5. The minimum absolute atomic E-state index is 0. The third-order valence-electron chi connectivity index (χ3n) is 5.76. The smallest absolute Gasteiger partial charge is 0.191 e. The highest BCUT2D eigenvalue weighted by atomic mass is 127. The molecule has 0 saturated heterocycles. The highest BCUT2D eigenvalue weighted by molar-refractivity contribution is 14.0. The van der Waals surface area contributed by atoms with Gasteiger partial charge in [-0.1, -0.05) is 37.3 Å². The molecule has 2 heterocycles. The predicted octanol–water partition coefficient (Wildman–Crippen LogP) is 3.77. The Balaban J connectivity index is 0.00000324. The average molecular weight is 576 g/mol.